The fourth-order valence-electron chi connectivity index (χ4n) is 3.38. The van der Waals surface area contributed by atoms with Crippen molar-refractivity contribution in [3.05, 3.63) is 48.7 Å². The topological polar surface area (TPSA) is 118 Å². The number of benzene rings is 2. The van der Waals surface area contributed by atoms with E-state index in [4.69, 9.17) is 4.74 Å². The van der Waals surface area contributed by atoms with Crippen LogP contribution >= 0.6 is 11.3 Å². The van der Waals surface area contributed by atoms with E-state index in [1.807, 2.05) is 12.1 Å². The lowest BCUT2D eigenvalue weighted by atomic mass is 10.1. The average molecular weight is 545 g/mol. The Labute approximate surface area is 221 Å². The number of thiazole rings is 1. The summed E-state index contributed by atoms with van der Waals surface area (Å²) >= 11 is 1.34. The molecule has 0 bridgehead atoms. The van der Waals surface area contributed by atoms with E-state index in [1.54, 1.807) is 72.1 Å². The predicted molar refractivity (Wildman–Crippen MR) is 147 cm³/mol. The number of nitrogens with zero attached hydrogens (tertiary/aromatic N) is 2. The van der Waals surface area contributed by atoms with Gasteiger partial charge in [-0.25, -0.2) is 22.9 Å². The van der Waals surface area contributed by atoms with Crippen LogP contribution in [-0.2, 0) is 19.6 Å². The van der Waals surface area contributed by atoms with Crippen LogP contribution in [0, 0.1) is 0 Å². The molecule has 198 valence electrons. The molecule has 0 aliphatic carbocycles. The standard InChI is InChI=1S/C26H32N4O5S2/c1-16(2)35-25(32)28-19-10-8-18(9-11-19)24-27-15-22(36-24)21-13-12-20(30(7)17(3)31)14-23(21)37(33,34)29-26(4,5)6/h8-16,29H,1-7H3,(H,28,32). The number of carbonyl (C=O) groups is 2. The first kappa shape index (κ1) is 28.3. The summed E-state index contributed by atoms with van der Waals surface area (Å²) in [7, 11) is -2.33. The quantitative estimate of drug-likeness (QED) is 0.406. The van der Waals surface area contributed by atoms with Crippen molar-refractivity contribution < 1.29 is 22.7 Å². The predicted octanol–water partition coefficient (Wildman–Crippen LogP) is 5.49. The van der Waals surface area contributed by atoms with Crippen LogP contribution in [0.3, 0.4) is 0 Å². The van der Waals surface area contributed by atoms with Crippen LogP contribution in [0.25, 0.3) is 21.0 Å². The molecule has 0 aliphatic rings. The maximum Gasteiger partial charge on any atom is 0.411 e. The first-order valence-corrected chi connectivity index (χ1v) is 13.9. The van der Waals surface area contributed by atoms with E-state index in [1.165, 1.54) is 29.2 Å². The molecule has 0 radical (unpaired) electrons. The highest BCUT2D eigenvalue weighted by atomic mass is 32.2. The Balaban J connectivity index is 1.97. The Bertz CT molecular complexity index is 1390. The molecular formula is C26H32N4O5S2. The molecule has 2 aromatic carbocycles. The van der Waals surface area contributed by atoms with Crippen molar-refractivity contribution in [3.63, 3.8) is 0 Å². The molecule has 0 aliphatic heterocycles. The van der Waals surface area contributed by atoms with Crippen LogP contribution < -0.4 is 14.9 Å². The third-order valence-electron chi connectivity index (χ3n) is 5.05. The average Bonchev–Trinajstić information content (AvgIpc) is 3.26. The number of anilines is 2. The molecular weight excluding hydrogens is 512 g/mol. The lowest BCUT2D eigenvalue weighted by Gasteiger charge is -2.23. The Hall–Kier alpha value is -3.28. The van der Waals surface area contributed by atoms with Crippen molar-refractivity contribution in [2.45, 2.75) is 58.1 Å². The van der Waals surface area contributed by atoms with Crippen LogP contribution in [0.15, 0.2) is 53.6 Å². The minimum Gasteiger partial charge on any atom is -0.447 e. The number of ether oxygens (including phenoxy) is 1. The highest BCUT2D eigenvalue weighted by molar-refractivity contribution is 7.89. The van der Waals surface area contributed by atoms with E-state index in [0.717, 1.165) is 5.56 Å². The second-order valence-corrected chi connectivity index (χ2v) is 12.5. The molecule has 0 saturated carbocycles. The van der Waals surface area contributed by atoms with E-state index in [-0.39, 0.29) is 16.9 Å². The number of hydrogen-bond acceptors (Lipinski definition) is 7. The van der Waals surface area contributed by atoms with Gasteiger partial charge in [0.2, 0.25) is 15.9 Å². The maximum absolute atomic E-state index is 13.4. The fourth-order valence-corrected chi connectivity index (χ4v) is 6.06. The molecule has 3 rings (SSSR count). The minimum atomic E-state index is -3.92. The van der Waals surface area contributed by atoms with Crippen LogP contribution in [0.4, 0.5) is 16.2 Å². The molecule has 2 amide bonds. The Morgan fingerprint density at radius 1 is 1.08 bits per heavy atom. The highest BCUT2D eigenvalue weighted by Crippen LogP contribution is 2.37. The smallest absolute Gasteiger partial charge is 0.411 e. The highest BCUT2D eigenvalue weighted by Gasteiger charge is 2.27. The van der Waals surface area contributed by atoms with Crippen LogP contribution in [0.2, 0.25) is 0 Å². The molecule has 2 N–H and O–H groups in total. The first-order valence-electron chi connectivity index (χ1n) is 11.6. The van der Waals surface area contributed by atoms with Gasteiger partial charge >= 0.3 is 6.09 Å². The molecule has 0 spiro atoms. The van der Waals surface area contributed by atoms with Crippen molar-refractivity contribution in [1.29, 1.82) is 0 Å². The molecule has 0 saturated heterocycles. The number of amides is 2. The third-order valence-corrected chi connectivity index (χ3v) is 7.92. The Morgan fingerprint density at radius 3 is 2.30 bits per heavy atom. The number of nitrogens with one attached hydrogen (secondary N) is 2. The van der Waals surface area contributed by atoms with E-state index >= 15 is 0 Å². The van der Waals surface area contributed by atoms with Gasteiger partial charge in [-0.1, -0.05) is 6.07 Å². The van der Waals surface area contributed by atoms with E-state index in [0.29, 0.717) is 26.8 Å². The summed E-state index contributed by atoms with van der Waals surface area (Å²) in [4.78, 5) is 30.3. The van der Waals surface area contributed by atoms with Crippen LogP contribution in [-0.4, -0.2) is 44.1 Å². The molecule has 0 fully saturated rings. The zero-order valence-corrected chi connectivity index (χ0v) is 23.6. The summed E-state index contributed by atoms with van der Waals surface area (Å²) in [6.45, 7) is 10.3. The first-order chi connectivity index (χ1) is 17.2. The van der Waals surface area contributed by atoms with Gasteiger partial charge in [0.15, 0.2) is 0 Å². The van der Waals surface area contributed by atoms with Gasteiger partial charge in [0.25, 0.3) is 0 Å². The number of rotatable bonds is 7. The normalized spacial score (nSPS) is 11.9. The molecule has 37 heavy (non-hydrogen) atoms. The molecule has 1 aromatic heterocycles. The van der Waals surface area contributed by atoms with Crippen LogP contribution in [0.5, 0.6) is 0 Å². The van der Waals surface area contributed by atoms with Crippen molar-refractivity contribution in [1.82, 2.24) is 9.71 Å². The van der Waals surface area contributed by atoms with E-state index in [2.05, 4.69) is 15.0 Å². The van der Waals surface area contributed by atoms with Gasteiger partial charge < -0.3 is 9.64 Å². The summed E-state index contributed by atoms with van der Waals surface area (Å²) in [5.74, 6) is -0.213. The van der Waals surface area contributed by atoms with Crippen molar-refractivity contribution in [2.24, 2.45) is 0 Å². The largest absolute Gasteiger partial charge is 0.447 e. The van der Waals surface area contributed by atoms with Gasteiger partial charge in [-0.15, -0.1) is 11.3 Å². The van der Waals surface area contributed by atoms with Gasteiger partial charge in [0.05, 0.1) is 15.9 Å². The Morgan fingerprint density at radius 2 is 1.73 bits per heavy atom. The number of carbonyl (C=O) groups excluding carboxylic acids is 2. The number of sulfonamides is 1. The second kappa shape index (κ2) is 11.0. The lowest BCUT2D eigenvalue weighted by molar-refractivity contribution is -0.116. The third kappa shape index (κ3) is 7.37. The molecule has 0 unspecified atom stereocenters. The summed E-state index contributed by atoms with van der Waals surface area (Å²) in [6.07, 6.45) is 0.874. The fraction of sp³-hybridized carbons (Fsp3) is 0.346. The zero-order chi connectivity index (χ0) is 27.5. The van der Waals surface area contributed by atoms with Crippen molar-refractivity contribution in [2.75, 3.05) is 17.3 Å². The van der Waals surface area contributed by atoms with Crippen molar-refractivity contribution in [3.8, 4) is 21.0 Å². The van der Waals surface area contributed by atoms with Gasteiger partial charge in [0, 0.05) is 48.2 Å². The van der Waals surface area contributed by atoms with Gasteiger partial charge in [0.1, 0.15) is 5.01 Å². The van der Waals surface area contributed by atoms with E-state index in [9.17, 15) is 18.0 Å². The second-order valence-electron chi connectivity index (χ2n) is 9.80. The summed E-state index contributed by atoms with van der Waals surface area (Å²) in [5.41, 5.74) is 1.64. The Kier molecular flexibility index (Phi) is 8.41. The maximum atomic E-state index is 13.4. The summed E-state index contributed by atoms with van der Waals surface area (Å²) in [5, 5.41) is 3.35. The monoisotopic (exact) mass is 544 g/mol. The molecule has 9 nitrogen and oxygen atoms in total. The van der Waals surface area contributed by atoms with Gasteiger partial charge in [-0.3, -0.25) is 10.1 Å². The number of hydrogen-bond donors (Lipinski definition) is 2. The summed E-state index contributed by atoms with van der Waals surface area (Å²) < 4.78 is 34.5. The summed E-state index contributed by atoms with van der Waals surface area (Å²) in [6, 6.07) is 12.0. The van der Waals surface area contributed by atoms with Gasteiger partial charge in [-0.05, 0) is 71.0 Å². The van der Waals surface area contributed by atoms with Crippen molar-refractivity contribution >= 4 is 44.7 Å². The van der Waals surface area contributed by atoms with Crippen LogP contribution in [0.1, 0.15) is 41.5 Å². The minimum absolute atomic E-state index is 0.0615. The zero-order valence-electron chi connectivity index (χ0n) is 21.9. The molecule has 11 heteroatoms. The molecule has 1 heterocycles. The lowest BCUT2D eigenvalue weighted by Crippen LogP contribution is -2.40. The SMILES string of the molecule is CC(=O)N(C)c1ccc(-c2cnc(-c3ccc(NC(=O)OC(C)C)cc3)s2)c(S(=O)(=O)NC(C)(C)C)c1. The van der Waals surface area contributed by atoms with E-state index < -0.39 is 21.7 Å². The molecule has 0 atom stereocenters. The molecule has 3 aromatic rings. The van der Waals surface area contributed by atoms with Gasteiger partial charge in [-0.2, -0.15) is 0 Å². The number of aromatic nitrogens is 1.